The number of hydrogen-bond donors (Lipinski definition) is 0. The van der Waals surface area contributed by atoms with Gasteiger partial charge in [-0.15, -0.1) is 0 Å². The Morgan fingerprint density at radius 1 is 1.39 bits per heavy atom. The third kappa shape index (κ3) is 2.57. The lowest BCUT2D eigenvalue weighted by Crippen LogP contribution is -2.32. The van der Waals surface area contributed by atoms with Crippen LogP contribution < -0.4 is 0 Å². The molecular formula is C13H18FNO2S. The van der Waals surface area contributed by atoms with E-state index in [0.717, 1.165) is 6.42 Å². The maximum absolute atomic E-state index is 13.8. The molecule has 0 unspecified atom stereocenters. The Labute approximate surface area is 108 Å². The number of sulfonamides is 1. The van der Waals surface area contributed by atoms with E-state index in [-0.39, 0.29) is 17.6 Å². The number of hydrogen-bond acceptors (Lipinski definition) is 2. The number of nitrogens with zero attached hydrogens (tertiary/aromatic N) is 1. The van der Waals surface area contributed by atoms with E-state index in [9.17, 15) is 12.8 Å². The van der Waals surface area contributed by atoms with Crippen molar-refractivity contribution in [1.82, 2.24) is 4.31 Å². The molecule has 1 atom stereocenters. The molecule has 0 aromatic heterocycles. The molecule has 1 aliphatic rings. The number of halogens is 1. The van der Waals surface area contributed by atoms with Gasteiger partial charge in [0.1, 0.15) is 5.82 Å². The Kier molecular flexibility index (Phi) is 4.02. The lowest BCUT2D eigenvalue weighted by atomic mass is 10.1. The fourth-order valence-corrected chi connectivity index (χ4v) is 4.27. The molecule has 18 heavy (non-hydrogen) atoms. The molecule has 0 saturated carbocycles. The Morgan fingerprint density at radius 3 is 2.78 bits per heavy atom. The summed E-state index contributed by atoms with van der Waals surface area (Å²) < 4.78 is 39.5. The second-order valence-electron chi connectivity index (χ2n) is 4.61. The first-order chi connectivity index (χ1) is 8.56. The first kappa shape index (κ1) is 13.5. The summed E-state index contributed by atoms with van der Waals surface area (Å²) >= 11 is 0. The molecule has 1 aromatic carbocycles. The maximum atomic E-state index is 13.8. The molecular weight excluding hydrogens is 253 g/mol. The molecule has 0 bridgehead atoms. The van der Waals surface area contributed by atoms with Gasteiger partial charge in [0.2, 0.25) is 10.0 Å². The summed E-state index contributed by atoms with van der Waals surface area (Å²) in [5.74, 6) is -0.182. The highest BCUT2D eigenvalue weighted by Crippen LogP contribution is 2.35. The van der Waals surface area contributed by atoms with Gasteiger partial charge in [0.05, 0.1) is 11.8 Å². The first-order valence-electron chi connectivity index (χ1n) is 6.30. The van der Waals surface area contributed by atoms with Crippen molar-refractivity contribution in [2.24, 2.45) is 0 Å². The van der Waals surface area contributed by atoms with Crippen LogP contribution in [-0.4, -0.2) is 25.0 Å². The van der Waals surface area contributed by atoms with Crippen LogP contribution in [0.3, 0.4) is 0 Å². The minimum Gasteiger partial charge on any atom is -0.212 e. The Balaban J connectivity index is 2.31. The Bertz CT molecular complexity index is 515. The maximum Gasteiger partial charge on any atom is 0.214 e. The van der Waals surface area contributed by atoms with Crippen molar-refractivity contribution in [3.8, 4) is 0 Å². The molecule has 1 aliphatic heterocycles. The Hall–Kier alpha value is -0.940. The van der Waals surface area contributed by atoms with Gasteiger partial charge in [-0.05, 0) is 25.3 Å². The average Bonchev–Trinajstić information content (AvgIpc) is 2.79. The summed E-state index contributed by atoms with van der Waals surface area (Å²) in [5.41, 5.74) is 0.495. The summed E-state index contributed by atoms with van der Waals surface area (Å²) in [6.45, 7) is 2.34. The van der Waals surface area contributed by atoms with E-state index < -0.39 is 10.0 Å². The van der Waals surface area contributed by atoms with Crippen molar-refractivity contribution in [2.45, 2.75) is 32.2 Å². The monoisotopic (exact) mass is 271 g/mol. The summed E-state index contributed by atoms with van der Waals surface area (Å²) in [4.78, 5) is 0. The summed E-state index contributed by atoms with van der Waals surface area (Å²) in [6, 6.07) is 6.11. The third-order valence-electron chi connectivity index (χ3n) is 3.29. The predicted octanol–water partition coefficient (Wildman–Crippen LogP) is 2.70. The van der Waals surface area contributed by atoms with Gasteiger partial charge in [0.25, 0.3) is 0 Å². The molecule has 0 amide bonds. The van der Waals surface area contributed by atoms with Crippen LogP contribution in [0.5, 0.6) is 0 Å². The molecule has 0 aliphatic carbocycles. The average molecular weight is 271 g/mol. The van der Waals surface area contributed by atoms with Crippen molar-refractivity contribution < 1.29 is 12.8 Å². The SMILES string of the molecule is CCCS(=O)(=O)N1CCC[C@@H]1c1ccccc1F. The van der Waals surface area contributed by atoms with Crippen molar-refractivity contribution in [2.75, 3.05) is 12.3 Å². The van der Waals surface area contributed by atoms with E-state index >= 15 is 0 Å². The van der Waals surface area contributed by atoms with Gasteiger partial charge in [-0.2, -0.15) is 4.31 Å². The highest BCUT2D eigenvalue weighted by molar-refractivity contribution is 7.89. The highest BCUT2D eigenvalue weighted by atomic mass is 32.2. The zero-order chi connectivity index (χ0) is 13.2. The van der Waals surface area contributed by atoms with Gasteiger partial charge in [-0.1, -0.05) is 25.1 Å². The van der Waals surface area contributed by atoms with Crippen molar-refractivity contribution in [3.05, 3.63) is 35.6 Å². The highest BCUT2D eigenvalue weighted by Gasteiger charge is 2.35. The van der Waals surface area contributed by atoms with Crippen LogP contribution in [0.4, 0.5) is 4.39 Å². The zero-order valence-electron chi connectivity index (χ0n) is 10.5. The quantitative estimate of drug-likeness (QED) is 0.844. The van der Waals surface area contributed by atoms with Crippen LogP contribution in [0.2, 0.25) is 0 Å². The van der Waals surface area contributed by atoms with Crippen LogP contribution in [0.1, 0.15) is 37.8 Å². The van der Waals surface area contributed by atoms with Gasteiger partial charge < -0.3 is 0 Å². The summed E-state index contributed by atoms with van der Waals surface area (Å²) in [5, 5.41) is 0. The van der Waals surface area contributed by atoms with Crippen molar-refractivity contribution in [3.63, 3.8) is 0 Å². The van der Waals surface area contributed by atoms with Crippen molar-refractivity contribution in [1.29, 1.82) is 0 Å². The fourth-order valence-electron chi connectivity index (χ4n) is 2.50. The number of rotatable bonds is 4. The van der Waals surface area contributed by atoms with E-state index in [1.54, 1.807) is 18.2 Å². The van der Waals surface area contributed by atoms with Gasteiger partial charge in [-0.25, -0.2) is 12.8 Å². The fraction of sp³-hybridized carbons (Fsp3) is 0.538. The topological polar surface area (TPSA) is 37.4 Å². The van der Waals surface area contributed by atoms with Crippen LogP contribution in [0.25, 0.3) is 0 Å². The minimum absolute atomic E-state index is 0.137. The normalized spacial score (nSPS) is 21.3. The van der Waals surface area contributed by atoms with Gasteiger partial charge in [0.15, 0.2) is 0 Å². The molecule has 5 heteroatoms. The number of benzene rings is 1. The predicted molar refractivity (Wildman–Crippen MR) is 69.2 cm³/mol. The second kappa shape index (κ2) is 5.36. The molecule has 0 radical (unpaired) electrons. The van der Waals surface area contributed by atoms with Crippen LogP contribution in [0.15, 0.2) is 24.3 Å². The molecule has 1 heterocycles. The standard InChI is InChI=1S/C13H18FNO2S/c1-2-10-18(16,17)15-9-5-8-13(15)11-6-3-4-7-12(11)14/h3-4,6-7,13H,2,5,8-10H2,1H3/t13-/m1/s1. The third-order valence-corrected chi connectivity index (χ3v) is 5.36. The summed E-state index contributed by atoms with van der Waals surface area (Å²) in [6.07, 6.45) is 2.08. The Morgan fingerprint density at radius 2 is 2.11 bits per heavy atom. The molecule has 1 saturated heterocycles. The van der Waals surface area contributed by atoms with E-state index in [2.05, 4.69) is 0 Å². The minimum atomic E-state index is -3.26. The van der Waals surface area contributed by atoms with Crippen LogP contribution in [0, 0.1) is 5.82 Å². The zero-order valence-corrected chi connectivity index (χ0v) is 11.3. The van der Waals surface area contributed by atoms with Crippen LogP contribution in [-0.2, 0) is 10.0 Å². The van der Waals surface area contributed by atoms with E-state index in [0.29, 0.717) is 24.9 Å². The lowest BCUT2D eigenvalue weighted by Gasteiger charge is -2.24. The van der Waals surface area contributed by atoms with Gasteiger partial charge in [-0.3, -0.25) is 0 Å². The molecule has 100 valence electrons. The second-order valence-corrected chi connectivity index (χ2v) is 6.65. The molecule has 1 aromatic rings. The molecule has 2 rings (SSSR count). The smallest absolute Gasteiger partial charge is 0.212 e. The molecule has 0 N–H and O–H groups in total. The van der Waals surface area contributed by atoms with E-state index in [1.165, 1.54) is 10.4 Å². The first-order valence-corrected chi connectivity index (χ1v) is 7.91. The lowest BCUT2D eigenvalue weighted by molar-refractivity contribution is 0.386. The van der Waals surface area contributed by atoms with Crippen molar-refractivity contribution >= 4 is 10.0 Å². The largest absolute Gasteiger partial charge is 0.214 e. The van der Waals surface area contributed by atoms with E-state index in [4.69, 9.17) is 0 Å². The van der Waals surface area contributed by atoms with E-state index in [1.807, 2.05) is 6.92 Å². The summed E-state index contributed by atoms with van der Waals surface area (Å²) in [7, 11) is -3.26. The van der Waals surface area contributed by atoms with Gasteiger partial charge >= 0.3 is 0 Å². The van der Waals surface area contributed by atoms with Gasteiger partial charge in [0, 0.05) is 12.1 Å². The molecule has 1 fully saturated rings. The molecule has 0 spiro atoms. The van der Waals surface area contributed by atoms with Crippen LogP contribution >= 0.6 is 0 Å². The molecule has 3 nitrogen and oxygen atoms in total.